The van der Waals surface area contributed by atoms with E-state index in [4.69, 9.17) is 5.73 Å². The van der Waals surface area contributed by atoms with Gasteiger partial charge in [0.15, 0.2) is 0 Å². The average molecular weight is 375 g/mol. The summed E-state index contributed by atoms with van der Waals surface area (Å²) in [6, 6.07) is 14.4. The number of anilines is 2. The van der Waals surface area contributed by atoms with Crippen molar-refractivity contribution in [1.29, 1.82) is 0 Å². The Morgan fingerprint density at radius 3 is 2.36 bits per heavy atom. The fraction of sp³-hybridized carbons (Fsp3) is 0.318. The number of nitrogen functional groups attached to an aromatic ring is 1. The third-order valence-corrected chi connectivity index (χ3v) is 5.24. The molecule has 2 aromatic carbocycles. The van der Waals surface area contributed by atoms with E-state index in [9.17, 15) is 4.79 Å². The van der Waals surface area contributed by atoms with Crippen LogP contribution in [0, 0.1) is 0 Å². The number of hydrogen-bond acceptors (Lipinski definition) is 6. The molecule has 0 amide bonds. The highest BCUT2D eigenvalue weighted by molar-refractivity contribution is 5.94. The van der Waals surface area contributed by atoms with Crippen molar-refractivity contribution in [3.05, 3.63) is 48.0 Å². The maximum absolute atomic E-state index is 11.3. The fourth-order valence-electron chi connectivity index (χ4n) is 3.67. The number of benzene rings is 2. The van der Waals surface area contributed by atoms with E-state index in [1.807, 2.05) is 18.2 Å². The Morgan fingerprint density at radius 2 is 1.68 bits per heavy atom. The summed E-state index contributed by atoms with van der Waals surface area (Å²) in [5, 5.41) is 1.02. The number of rotatable bonds is 4. The predicted molar refractivity (Wildman–Crippen MR) is 113 cm³/mol. The molecule has 3 aromatic rings. The summed E-state index contributed by atoms with van der Waals surface area (Å²) in [6.07, 6.45) is 0.471. The van der Waals surface area contributed by atoms with E-state index in [0.29, 0.717) is 12.4 Å². The predicted octanol–water partition coefficient (Wildman–Crippen LogP) is 2.76. The van der Waals surface area contributed by atoms with Gasteiger partial charge in [0.05, 0.1) is 5.52 Å². The summed E-state index contributed by atoms with van der Waals surface area (Å²) >= 11 is 0. The fourth-order valence-corrected chi connectivity index (χ4v) is 3.67. The monoisotopic (exact) mass is 375 g/mol. The van der Waals surface area contributed by atoms with E-state index >= 15 is 0 Å². The Bertz CT molecular complexity index is 1010. The summed E-state index contributed by atoms with van der Waals surface area (Å²) in [5.41, 5.74) is 10.1. The van der Waals surface area contributed by atoms with Crippen LogP contribution in [0.3, 0.4) is 0 Å². The number of nitrogens with zero attached hydrogens (tertiary/aromatic N) is 4. The summed E-state index contributed by atoms with van der Waals surface area (Å²) in [4.78, 5) is 24.9. The van der Waals surface area contributed by atoms with Crippen molar-refractivity contribution in [3.8, 4) is 11.1 Å². The Labute approximate surface area is 165 Å². The van der Waals surface area contributed by atoms with Crippen LogP contribution in [0.1, 0.15) is 12.5 Å². The zero-order valence-electron chi connectivity index (χ0n) is 16.4. The molecule has 1 fully saturated rings. The van der Waals surface area contributed by atoms with E-state index < -0.39 is 0 Å². The molecular formula is C22H25N5O. The van der Waals surface area contributed by atoms with Gasteiger partial charge in [-0.3, -0.25) is 4.79 Å². The zero-order chi connectivity index (χ0) is 19.7. The molecule has 0 unspecified atom stereocenters. The molecule has 0 spiro atoms. The molecule has 28 heavy (non-hydrogen) atoms. The number of carbonyl (C=O) groups is 1. The minimum atomic E-state index is 0.171. The molecule has 2 N–H and O–H groups in total. The van der Waals surface area contributed by atoms with Crippen molar-refractivity contribution in [2.75, 3.05) is 43.9 Å². The van der Waals surface area contributed by atoms with Crippen molar-refractivity contribution in [1.82, 2.24) is 14.9 Å². The van der Waals surface area contributed by atoms with Gasteiger partial charge in [-0.15, -0.1) is 0 Å². The lowest BCUT2D eigenvalue weighted by Crippen LogP contribution is -2.45. The molecule has 1 aromatic heterocycles. The van der Waals surface area contributed by atoms with Crippen LogP contribution in [0.15, 0.2) is 42.5 Å². The second kappa shape index (κ2) is 7.56. The standard InChI is InChI=1S/C22H25N5O/c1-15(28)13-16-3-5-17(6-4-16)18-7-8-20-19(14-18)21(25-22(23)24-20)27-11-9-26(2)10-12-27/h3-8,14H,9-13H2,1-2H3,(H2,23,24,25). The zero-order valence-corrected chi connectivity index (χ0v) is 16.4. The third-order valence-electron chi connectivity index (χ3n) is 5.24. The number of piperazine rings is 1. The van der Waals surface area contributed by atoms with Crippen molar-refractivity contribution in [2.24, 2.45) is 0 Å². The van der Waals surface area contributed by atoms with Crippen LogP contribution in [-0.2, 0) is 11.2 Å². The van der Waals surface area contributed by atoms with Gasteiger partial charge in [0.2, 0.25) is 5.95 Å². The Kier molecular flexibility index (Phi) is 4.96. The quantitative estimate of drug-likeness (QED) is 0.756. The molecule has 2 heterocycles. The molecule has 1 aliphatic heterocycles. The maximum atomic E-state index is 11.3. The maximum Gasteiger partial charge on any atom is 0.222 e. The smallest absolute Gasteiger partial charge is 0.222 e. The van der Waals surface area contributed by atoms with Crippen LogP contribution in [0.25, 0.3) is 22.0 Å². The first-order valence-electron chi connectivity index (χ1n) is 9.59. The lowest BCUT2D eigenvalue weighted by Gasteiger charge is -2.33. The molecule has 0 aliphatic carbocycles. The van der Waals surface area contributed by atoms with Crippen molar-refractivity contribution < 1.29 is 4.79 Å². The number of aromatic nitrogens is 2. The van der Waals surface area contributed by atoms with Gasteiger partial charge in [0, 0.05) is 38.0 Å². The SMILES string of the molecule is CC(=O)Cc1ccc(-c2ccc3nc(N)nc(N4CCN(C)CC4)c3c2)cc1. The summed E-state index contributed by atoms with van der Waals surface area (Å²) in [7, 11) is 2.14. The van der Waals surface area contributed by atoms with Crippen LogP contribution >= 0.6 is 0 Å². The first-order valence-corrected chi connectivity index (χ1v) is 9.59. The van der Waals surface area contributed by atoms with Gasteiger partial charge >= 0.3 is 0 Å². The number of likely N-dealkylation sites (N-methyl/N-ethyl adjacent to an activating group) is 1. The lowest BCUT2D eigenvalue weighted by molar-refractivity contribution is -0.116. The minimum absolute atomic E-state index is 0.171. The highest BCUT2D eigenvalue weighted by Crippen LogP contribution is 2.30. The normalized spacial score (nSPS) is 15.1. The molecule has 1 saturated heterocycles. The second-order valence-corrected chi connectivity index (χ2v) is 7.50. The van der Waals surface area contributed by atoms with Gasteiger partial charge in [-0.2, -0.15) is 4.98 Å². The molecule has 0 saturated carbocycles. The van der Waals surface area contributed by atoms with Crippen LogP contribution in [-0.4, -0.2) is 53.9 Å². The van der Waals surface area contributed by atoms with Crippen LogP contribution < -0.4 is 10.6 Å². The van der Waals surface area contributed by atoms with E-state index in [1.165, 1.54) is 0 Å². The lowest BCUT2D eigenvalue weighted by atomic mass is 10.0. The van der Waals surface area contributed by atoms with Crippen LogP contribution in [0.2, 0.25) is 0 Å². The molecule has 6 heteroatoms. The van der Waals surface area contributed by atoms with Gasteiger partial charge in [-0.25, -0.2) is 4.98 Å². The van der Waals surface area contributed by atoms with E-state index in [-0.39, 0.29) is 5.78 Å². The molecular weight excluding hydrogens is 350 g/mol. The molecule has 1 aliphatic rings. The van der Waals surface area contributed by atoms with E-state index in [0.717, 1.165) is 59.6 Å². The average Bonchev–Trinajstić information content (AvgIpc) is 2.68. The van der Waals surface area contributed by atoms with Gasteiger partial charge in [-0.1, -0.05) is 30.3 Å². The number of hydrogen-bond donors (Lipinski definition) is 1. The molecule has 0 atom stereocenters. The van der Waals surface area contributed by atoms with Crippen molar-refractivity contribution in [3.63, 3.8) is 0 Å². The van der Waals surface area contributed by atoms with Crippen molar-refractivity contribution in [2.45, 2.75) is 13.3 Å². The highest BCUT2D eigenvalue weighted by Gasteiger charge is 2.19. The summed E-state index contributed by atoms with van der Waals surface area (Å²) in [5.74, 6) is 1.39. The van der Waals surface area contributed by atoms with Gasteiger partial charge in [0.1, 0.15) is 11.6 Å². The Hall–Kier alpha value is -2.99. The second-order valence-electron chi connectivity index (χ2n) is 7.50. The molecule has 6 nitrogen and oxygen atoms in total. The minimum Gasteiger partial charge on any atom is -0.368 e. The van der Waals surface area contributed by atoms with E-state index in [1.54, 1.807) is 6.92 Å². The number of nitrogens with two attached hydrogens (primary N) is 1. The third kappa shape index (κ3) is 3.82. The van der Waals surface area contributed by atoms with Crippen molar-refractivity contribution >= 4 is 28.5 Å². The summed E-state index contributed by atoms with van der Waals surface area (Å²) < 4.78 is 0. The van der Waals surface area contributed by atoms with Gasteiger partial charge < -0.3 is 15.5 Å². The van der Waals surface area contributed by atoms with E-state index in [2.05, 4.69) is 51.1 Å². The highest BCUT2D eigenvalue weighted by atomic mass is 16.1. The molecule has 4 rings (SSSR count). The van der Waals surface area contributed by atoms with Gasteiger partial charge in [-0.05, 0) is 42.8 Å². The topological polar surface area (TPSA) is 75.3 Å². The molecule has 0 radical (unpaired) electrons. The number of carbonyl (C=O) groups excluding carboxylic acids is 1. The van der Waals surface area contributed by atoms with Crippen LogP contribution in [0.5, 0.6) is 0 Å². The Morgan fingerprint density at radius 1 is 1.00 bits per heavy atom. The van der Waals surface area contributed by atoms with Gasteiger partial charge in [0.25, 0.3) is 0 Å². The molecule has 0 bridgehead atoms. The number of fused-ring (bicyclic) bond motifs is 1. The largest absolute Gasteiger partial charge is 0.368 e. The summed E-state index contributed by atoms with van der Waals surface area (Å²) in [6.45, 7) is 5.46. The first-order chi connectivity index (χ1) is 13.5. The Balaban J connectivity index is 1.72. The number of Topliss-reactive ketones (excluding diaryl/α,β-unsaturated/α-hetero) is 1. The molecule has 144 valence electrons. The number of ketones is 1. The first kappa shape index (κ1) is 18.4. The van der Waals surface area contributed by atoms with Crippen LogP contribution in [0.4, 0.5) is 11.8 Å².